The highest BCUT2D eigenvalue weighted by Crippen LogP contribution is 2.24. The van der Waals surface area contributed by atoms with Gasteiger partial charge in [0.25, 0.3) is 0 Å². The van der Waals surface area contributed by atoms with E-state index in [0.717, 1.165) is 6.54 Å². The molecule has 0 aliphatic carbocycles. The number of ether oxygens (including phenoxy) is 2. The minimum atomic E-state index is -3.54. The van der Waals surface area contributed by atoms with Gasteiger partial charge in [0.1, 0.15) is 23.4 Å². The van der Waals surface area contributed by atoms with Crippen molar-refractivity contribution in [3.8, 4) is 5.75 Å². The van der Waals surface area contributed by atoms with Gasteiger partial charge in [-0.05, 0) is 33.0 Å². The second kappa shape index (κ2) is 6.31. The van der Waals surface area contributed by atoms with Crippen molar-refractivity contribution >= 4 is 10.0 Å². The van der Waals surface area contributed by atoms with E-state index < -0.39 is 10.0 Å². The molecule has 21 heavy (non-hydrogen) atoms. The van der Waals surface area contributed by atoms with Gasteiger partial charge in [-0.15, -0.1) is 0 Å². The molecule has 1 atom stereocenters. The van der Waals surface area contributed by atoms with Crippen molar-refractivity contribution < 1.29 is 17.9 Å². The first-order valence-electron chi connectivity index (χ1n) is 6.88. The van der Waals surface area contributed by atoms with Crippen LogP contribution < -0.4 is 14.8 Å². The lowest BCUT2D eigenvalue weighted by atomic mass is 10.1. The molecule has 0 saturated carbocycles. The summed E-state index contributed by atoms with van der Waals surface area (Å²) >= 11 is 0. The molecule has 2 rings (SSSR count). The summed E-state index contributed by atoms with van der Waals surface area (Å²) < 4.78 is 37.7. The van der Waals surface area contributed by atoms with Crippen LogP contribution in [0.3, 0.4) is 0 Å². The molecule has 1 aliphatic heterocycles. The van der Waals surface area contributed by atoms with Gasteiger partial charge in [-0.25, -0.2) is 13.1 Å². The Balaban J connectivity index is 2.07. The van der Waals surface area contributed by atoms with E-state index in [4.69, 9.17) is 9.47 Å². The highest BCUT2D eigenvalue weighted by molar-refractivity contribution is 7.89. The van der Waals surface area contributed by atoms with Crippen molar-refractivity contribution in [3.05, 3.63) is 24.3 Å². The Labute approximate surface area is 125 Å². The third-order valence-corrected chi connectivity index (χ3v) is 4.69. The lowest BCUT2D eigenvalue weighted by Gasteiger charge is -2.36. The second-order valence-corrected chi connectivity index (χ2v) is 7.45. The minimum absolute atomic E-state index is 0.112. The molecule has 0 amide bonds. The molecule has 2 N–H and O–H groups in total. The second-order valence-electron chi connectivity index (χ2n) is 5.60. The first kappa shape index (κ1) is 16.2. The molecule has 1 aromatic carbocycles. The van der Waals surface area contributed by atoms with E-state index in [2.05, 4.69) is 10.0 Å². The van der Waals surface area contributed by atoms with E-state index >= 15 is 0 Å². The molecule has 1 unspecified atom stereocenters. The van der Waals surface area contributed by atoms with Crippen LogP contribution in [0.4, 0.5) is 0 Å². The lowest BCUT2D eigenvalue weighted by Crippen LogP contribution is -2.52. The van der Waals surface area contributed by atoms with Gasteiger partial charge < -0.3 is 14.8 Å². The van der Waals surface area contributed by atoms with Crippen LogP contribution in [0.2, 0.25) is 0 Å². The normalized spacial score (nSPS) is 22.0. The monoisotopic (exact) mass is 314 g/mol. The number of hydrogen-bond acceptors (Lipinski definition) is 5. The van der Waals surface area contributed by atoms with Crippen molar-refractivity contribution in [3.63, 3.8) is 0 Å². The standard InChI is InChI=1S/C14H22N2O4S/c1-14(2)10-16-8-11(20-14)9-19-12-6-4-5-7-13(12)21(17,18)15-3/h4-7,11,15-16H,8-10H2,1-3H3. The zero-order chi connectivity index (χ0) is 15.5. The van der Waals surface area contributed by atoms with Crippen LogP contribution in [0, 0.1) is 0 Å². The molecule has 1 saturated heterocycles. The Bertz CT molecular complexity index is 586. The molecule has 0 radical (unpaired) electrons. The van der Waals surface area contributed by atoms with Crippen molar-refractivity contribution in [1.29, 1.82) is 0 Å². The Morgan fingerprint density at radius 1 is 1.43 bits per heavy atom. The van der Waals surface area contributed by atoms with Crippen molar-refractivity contribution in [2.24, 2.45) is 0 Å². The molecule has 0 spiro atoms. The molecule has 0 bridgehead atoms. The van der Waals surface area contributed by atoms with Gasteiger partial charge in [-0.2, -0.15) is 0 Å². The Kier molecular flexibility index (Phi) is 4.88. The van der Waals surface area contributed by atoms with Gasteiger partial charge in [-0.1, -0.05) is 12.1 Å². The van der Waals surface area contributed by atoms with Gasteiger partial charge >= 0.3 is 0 Å². The maximum Gasteiger partial charge on any atom is 0.243 e. The van der Waals surface area contributed by atoms with Gasteiger partial charge in [-0.3, -0.25) is 0 Å². The highest BCUT2D eigenvalue weighted by Gasteiger charge is 2.29. The average molecular weight is 314 g/mol. The highest BCUT2D eigenvalue weighted by atomic mass is 32.2. The molecule has 1 heterocycles. The van der Waals surface area contributed by atoms with Gasteiger partial charge in [0.15, 0.2) is 0 Å². The summed E-state index contributed by atoms with van der Waals surface area (Å²) in [5, 5.41) is 3.28. The van der Waals surface area contributed by atoms with E-state index in [-0.39, 0.29) is 16.6 Å². The predicted octanol–water partition coefficient (Wildman–Crippen LogP) is 0.741. The number of para-hydroxylation sites is 1. The lowest BCUT2D eigenvalue weighted by molar-refractivity contribution is -0.107. The van der Waals surface area contributed by atoms with Crippen LogP contribution in [-0.4, -0.2) is 46.9 Å². The number of benzene rings is 1. The van der Waals surface area contributed by atoms with E-state index in [1.807, 2.05) is 13.8 Å². The maximum absolute atomic E-state index is 11.9. The van der Waals surface area contributed by atoms with Crippen LogP contribution in [0.15, 0.2) is 29.2 Å². The molecular formula is C14H22N2O4S. The fourth-order valence-electron chi connectivity index (χ4n) is 2.25. The zero-order valence-electron chi connectivity index (χ0n) is 12.5. The van der Waals surface area contributed by atoms with E-state index in [1.54, 1.807) is 18.2 Å². The van der Waals surface area contributed by atoms with Crippen LogP contribution in [0.5, 0.6) is 5.75 Å². The number of hydrogen-bond donors (Lipinski definition) is 2. The first-order valence-corrected chi connectivity index (χ1v) is 8.36. The molecule has 0 aromatic heterocycles. The fourth-order valence-corrected chi connectivity index (χ4v) is 3.12. The van der Waals surface area contributed by atoms with Crippen LogP contribution in [-0.2, 0) is 14.8 Å². The predicted molar refractivity (Wildman–Crippen MR) is 80.0 cm³/mol. The number of nitrogens with one attached hydrogen (secondary N) is 2. The molecule has 7 heteroatoms. The molecule has 1 fully saturated rings. The minimum Gasteiger partial charge on any atom is -0.489 e. The quantitative estimate of drug-likeness (QED) is 0.838. The summed E-state index contributed by atoms with van der Waals surface area (Å²) in [4.78, 5) is 0.135. The van der Waals surface area contributed by atoms with Gasteiger partial charge in [0.2, 0.25) is 10.0 Å². The summed E-state index contributed by atoms with van der Waals surface area (Å²) in [6, 6.07) is 6.57. The zero-order valence-corrected chi connectivity index (χ0v) is 13.4. The van der Waals surface area contributed by atoms with E-state index in [1.165, 1.54) is 13.1 Å². The molecule has 118 valence electrons. The van der Waals surface area contributed by atoms with Crippen molar-refractivity contribution in [2.75, 3.05) is 26.7 Å². The summed E-state index contributed by atoms with van der Waals surface area (Å²) in [6.45, 7) is 5.78. The van der Waals surface area contributed by atoms with Gasteiger partial charge in [0, 0.05) is 13.1 Å². The number of morpholine rings is 1. The number of rotatable bonds is 5. The Morgan fingerprint density at radius 2 is 2.14 bits per heavy atom. The van der Waals surface area contributed by atoms with Crippen molar-refractivity contribution in [1.82, 2.24) is 10.0 Å². The third kappa shape index (κ3) is 4.16. The van der Waals surface area contributed by atoms with Crippen LogP contribution in [0.25, 0.3) is 0 Å². The average Bonchev–Trinajstić information content (AvgIpc) is 2.44. The maximum atomic E-state index is 11.9. The summed E-state index contributed by atoms with van der Waals surface area (Å²) in [6.07, 6.45) is -0.112. The molecule has 1 aromatic rings. The summed E-state index contributed by atoms with van der Waals surface area (Å²) in [5.41, 5.74) is -0.247. The molecule has 1 aliphatic rings. The number of sulfonamides is 1. The van der Waals surface area contributed by atoms with Crippen LogP contribution >= 0.6 is 0 Å². The first-order chi connectivity index (χ1) is 9.84. The third-order valence-electron chi connectivity index (χ3n) is 3.24. The fraction of sp³-hybridized carbons (Fsp3) is 0.571. The topological polar surface area (TPSA) is 76.7 Å². The molecular weight excluding hydrogens is 292 g/mol. The smallest absolute Gasteiger partial charge is 0.243 e. The Hall–Kier alpha value is -1.15. The summed E-state index contributed by atoms with van der Waals surface area (Å²) in [7, 11) is -2.16. The molecule has 6 nitrogen and oxygen atoms in total. The Morgan fingerprint density at radius 3 is 2.81 bits per heavy atom. The largest absolute Gasteiger partial charge is 0.489 e. The van der Waals surface area contributed by atoms with Crippen LogP contribution in [0.1, 0.15) is 13.8 Å². The van der Waals surface area contributed by atoms with Crippen molar-refractivity contribution in [2.45, 2.75) is 30.4 Å². The SMILES string of the molecule is CNS(=O)(=O)c1ccccc1OCC1CNCC(C)(C)O1. The summed E-state index contributed by atoms with van der Waals surface area (Å²) in [5.74, 6) is 0.332. The van der Waals surface area contributed by atoms with E-state index in [0.29, 0.717) is 18.9 Å². The van der Waals surface area contributed by atoms with E-state index in [9.17, 15) is 8.42 Å². The van der Waals surface area contributed by atoms with Gasteiger partial charge in [0.05, 0.1) is 5.60 Å².